The summed E-state index contributed by atoms with van der Waals surface area (Å²) >= 11 is 1.94. The molecule has 2 heterocycles. The Labute approximate surface area is 82.8 Å². The summed E-state index contributed by atoms with van der Waals surface area (Å²) in [5.74, 6) is 1.28. The van der Waals surface area contributed by atoms with Gasteiger partial charge >= 0.3 is 0 Å². The molecule has 2 unspecified atom stereocenters. The van der Waals surface area contributed by atoms with Crippen LogP contribution in [0.1, 0.15) is 13.3 Å². The topological polar surface area (TPSA) is 29.5 Å². The van der Waals surface area contributed by atoms with Crippen LogP contribution < -0.4 is 0 Å². The van der Waals surface area contributed by atoms with E-state index in [-0.39, 0.29) is 12.0 Å². The first-order valence-electron chi connectivity index (χ1n) is 4.79. The van der Waals surface area contributed by atoms with Gasteiger partial charge in [0.05, 0.1) is 6.61 Å². The van der Waals surface area contributed by atoms with E-state index in [1.807, 2.05) is 16.7 Å². The van der Waals surface area contributed by atoms with Gasteiger partial charge in [0.1, 0.15) is 6.10 Å². The third-order valence-electron chi connectivity index (χ3n) is 2.53. The number of rotatable bonds is 1. The maximum atomic E-state index is 11.7. The fourth-order valence-electron chi connectivity index (χ4n) is 1.65. The Morgan fingerprint density at radius 3 is 2.92 bits per heavy atom. The number of carbonyl (C=O) groups excluding carboxylic acids is 1. The van der Waals surface area contributed by atoms with E-state index in [0.29, 0.717) is 5.25 Å². The van der Waals surface area contributed by atoms with Crippen molar-refractivity contribution in [3.05, 3.63) is 0 Å². The van der Waals surface area contributed by atoms with E-state index in [9.17, 15) is 4.79 Å². The van der Waals surface area contributed by atoms with Crippen LogP contribution in [0.2, 0.25) is 0 Å². The Bertz CT molecular complexity index is 206. The van der Waals surface area contributed by atoms with Gasteiger partial charge < -0.3 is 9.64 Å². The van der Waals surface area contributed by atoms with Crippen molar-refractivity contribution in [1.82, 2.24) is 4.90 Å². The molecule has 0 bridgehead atoms. The predicted octanol–water partition coefficient (Wildman–Crippen LogP) is 0.739. The lowest BCUT2D eigenvalue weighted by Gasteiger charge is -2.35. The Kier molecular flexibility index (Phi) is 2.79. The lowest BCUT2D eigenvalue weighted by molar-refractivity contribution is -0.156. The van der Waals surface area contributed by atoms with Crippen molar-refractivity contribution in [2.45, 2.75) is 24.7 Å². The molecule has 13 heavy (non-hydrogen) atoms. The maximum absolute atomic E-state index is 11.7. The van der Waals surface area contributed by atoms with Gasteiger partial charge in [-0.1, -0.05) is 6.92 Å². The molecule has 0 aliphatic carbocycles. The molecular weight excluding hydrogens is 186 g/mol. The summed E-state index contributed by atoms with van der Waals surface area (Å²) in [6, 6.07) is 0. The number of amides is 1. The van der Waals surface area contributed by atoms with Crippen LogP contribution in [0.4, 0.5) is 0 Å². The first-order valence-corrected chi connectivity index (χ1v) is 5.84. The van der Waals surface area contributed by atoms with Crippen molar-refractivity contribution in [3.8, 4) is 0 Å². The van der Waals surface area contributed by atoms with Crippen molar-refractivity contribution in [2.75, 3.05) is 25.4 Å². The van der Waals surface area contributed by atoms with Gasteiger partial charge in [0.25, 0.3) is 5.91 Å². The van der Waals surface area contributed by atoms with Crippen LogP contribution in [0.25, 0.3) is 0 Å². The maximum Gasteiger partial charge on any atom is 0.251 e. The monoisotopic (exact) mass is 201 g/mol. The first kappa shape index (κ1) is 9.34. The number of nitrogens with zero attached hydrogens (tertiary/aromatic N) is 1. The lowest BCUT2D eigenvalue weighted by Crippen LogP contribution is -2.49. The zero-order valence-electron chi connectivity index (χ0n) is 7.86. The quantitative estimate of drug-likeness (QED) is 0.626. The minimum Gasteiger partial charge on any atom is -0.368 e. The molecule has 3 nitrogen and oxygen atoms in total. The summed E-state index contributed by atoms with van der Waals surface area (Å²) in [4.78, 5) is 13.7. The van der Waals surface area contributed by atoms with Crippen molar-refractivity contribution in [2.24, 2.45) is 0 Å². The van der Waals surface area contributed by atoms with Gasteiger partial charge in [-0.2, -0.15) is 11.8 Å². The molecule has 1 amide bonds. The average molecular weight is 201 g/mol. The molecule has 74 valence electrons. The molecule has 0 spiro atoms. The molecule has 0 radical (unpaired) electrons. The standard InChI is InChI=1S/C9H15NO2S/c1-7-6-10(3-5-13-7)9(11)8-2-4-12-8/h7-8H,2-6H2,1H3. The second-order valence-corrected chi connectivity index (χ2v) is 5.16. The minimum absolute atomic E-state index is 0.115. The van der Waals surface area contributed by atoms with E-state index in [2.05, 4.69) is 6.92 Å². The fraction of sp³-hybridized carbons (Fsp3) is 0.889. The van der Waals surface area contributed by atoms with Crippen molar-refractivity contribution >= 4 is 17.7 Å². The van der Waals surface area contributed by atoms with E-state index in [0.717, 1.165) is 31.9 Å². The van der Waals surface area contributed by atoms with Crippen molar-refractivity contribution in [3.63, 3.8) is 0 Å². The number of hydrogen-bond donors (Lipinski definition) is 0. The lowest BCUT2D eigenvalue weighted by atomic mass is 10.1. The van der Waals surface area contributed by atoms with Gasteiger partial charge in [0, 0.05) is 30.5 Å². The van der Waals surface area contributed by atoms with E-state index >= 15 is 0 Å². The number of ether oxygens (including phenoxy) is 1. The zero-order valence-corrected chi connectivity index (χ0v) is 8.68. The van der Waals surface area contributed by atoms with Gasteiger partial charge in [-0.15, -0.1) is 0 Å². The van der Waals surface area contributed by atoms with E-state index in [1.54, 1.807) is 0 Å². The summed E-state index contributed by atoms with van der Waals surface area (Å²) in [5, 5.41) is 0.581. The van der Waals surface area contributed by atoms with Gasteiger partial charge in [0.2, 0.25) is 0 Å². The smallest absolute Gasteiger partial charge is 0.251 e. The summed E-state index contributed by atoms with van der Waals surface area (Å²) < 4.78 is 5.18. The molecule has 0 aromatic carbocycles. The highest BCUT2D eigenvalue weighted by atomic mass is 32.2. The molecule has 2 rings (SSSR count). The Hall–Kier alpha value is -0.220. The molecule has 0 N–H and O–H groups in total. The molecule has 2 aliphatic rings. The highest BCUT2D eigenvalue weighted by molar-refractivity contribution is 7.99. The summed E-state index contributed by atoms with van der Waals surface area (Å²) in [7, 11) is 0. The summed E-state index contributed by atoms with van der Waals surface area (Å²) in [6.07, 6.45) is 0.798. The summed E-state index contributed by atoms with van der Waals surface area (Å²) in [6.45, 7) is 4.72. The fourth-order valence-corrected chi connectivity index (χ4v) is 2.67. The van der Waals surface area contributed by atoms with Crippen LogP contribution in [-0.4, -0.2) is 47.6 Å². The first-order chi connectivity index (χ1) is 6.27. The molecule has 0 aromatic rings. The van der Waals surface area contributed by atoms with Crippen LogP contribution >= 0.6 is 11.8 Å². The van der Waals surface area contributed by atoms with Gasteiger partial charge in [-0.3, -0.25) is 4.79 Å². The molecule has 0 saturated carbocycles. The summed E-state index contributed by atoms with van der Waals surface area (Å²) in [5.41, 5.74) is 0. The average Bonchev–Trinajstić information content (AvgIpc) is 2.01. The van der Waals surface area contributed by atoms with Gasteiger partial charge in [-0.25, -0.2) is 0 Å². The predicted molar refractivity (Wildman–Crippen MR) is 52.9 cm³/mol. The molecule has 2 fully saturated rings. The largest absolute Gasteiger partial charge is 0.368 e. The van der Waals surface area contributed by atoms with Crippen molar-refractivity contribution in [1.29, 1.82) is 0 Å². The van der Waals surface area contributed by atoms with Crippen LogP contribution in [0.15, 0.2) is 0 Å². The highest BCUT2D eigenvalue weighted by Gasteiger charge is 2.32. The molecule has 4 heteroatoms. The third kappa shape index (κ3) is 1.99. The molecule has 2 atom stereocenters. The van der Waals surface area contributed by atoms with Gasteiger partial charge in [0.15, 0.2) is 0 Å². The van der Waals surface area contributed by atoms with Crippen molar-refractivity contribution < 1.29 is 9.53 Å². The Morgan fingerprint density at radius 1 is 1.62 bits per heavy atom. The number of hydrogen-bond acceptors (Lipinski definition) is 3. The highest BCUT2D eigenvalue weighted by Crippen LogP contribution is 2.21. The second kappa shape index (κ2) is 3.88. The third-order valence-corrected chi connectivity index (χ3v) is 3.66. The molecule has 2 aliphatic heterocycles. The number of thioether (sulfide) groups is 1. The van der Waals surface area contributed by atoms with Gasteiger partial charge in [-0.05, 0) is 0 Å². The Balaban J connectivity index is 1.87. The van der Waals surface area contributed by atoms with Crippen LogP contribution in [0.5, 0.6) is 0 Å². The zero-order chi connectivity index (χ0) is 9.26. The van der Waals surface area contributed by atoms with Crippen LogP contribution in [0, 0.1) is 0 Å². The molecule has 2 saturated heterocycles. The molecular formula is C9H15NO2S. The van der Waals surface area contributed by atoms with Crippen LogP contribution in [-0.2, 0) is 9.53 Å². The minimum atomic E-state index is -0.115. The van der Waals surface area contributed by atoms with E-state index < -0.39 is 0 Å². The van der Waals surface area contributed by atoms with E-state index in [1.165, 1.54) is 0 Å². The SMILES string of the molecule is CC1CN(C(=O)C2CCO2)CCS1. The second-order valence-electron chi connectivity index (χ2n) is 3.61. The Morgan fingerprint density at radius 2 is 2.38 bits per heavy atom. The molecule has 0 aromatic heterocycles. The van der Waals surface area contributed by atoms with E-state index in [4.69, 9.17) is 4.74 Å². The number of carbonyl (C=O) groups is 1. The normalized spacial score (nSPS) is 34.1. The van der Waals surface area contributed by atoms with Crippen LogP contribution in [0.3, 0.4) is 0 Å².